The first-order chi connectivity index (χ1) is 5.16. The molecule has 0 saturated carbocycles. The van der Waals surface area contributed by atoms with Crippen LogP contribution in [-0.2, 0) is 25.2 Å². The molecule has 0 amide bonds. The quantitative estimate of drug-likeness (QED) is 0.683. The van der Waals surface area contributed by atoms with Gasteiger partial charge in [-0.15, -0.1) is 12.6 Å². The second-order valence-electron chi connectivity index (χ2n) is 3.00. The molecular weight excluding hydrogens is 324 g/mol. The SMILES string of the molecule is CCC(=O)CCC[N-]C(C)C.[Re]. The van der Waals surface area contributed by atoms with Crippen LogP contribution in [0.2, 0.25) is 0 Å². The molecule has 3 heteroatoms. The van der Waals surface area contributed by atoms with Crippen LogP contribution in [0, 0.1) is 0 Å². The van der Waals surface area contributed by atoms with Crippen molar-refractivity contribution in [2.24, 2.45) is 0 Å². The molecule has 0 aromatic carbocycles. The van der Waals surface area contributed by atoms with Gasteiger partial charge < -0.3 is 5.32 Å². The Morgan fingerprint density at radius 3 is 2.42 bits per heavy atom. The maximum Gasteiger partial charge on any atom is 0.132 e. The fourth-order valence-corrected chi connectivity index (χ4v) is 0.802. The summed E-state index contributed by atoms with van der Waals surface area (Å²) in [6.07, 6.45) is 2.29. The van der Waals surface area contributed by atoms with E-state index in [2.05, 4.69) is 19.2 Å². The van der Waals surface area contributed by atoms with Crippen LogP contribution >= 0.6 is 0 Å². The minimum atomic E-state index is 0. The van der Waals surface area contributed by atoms with Gasteiger partial charge in [0.2, 0.25) is 0 Å². The molecule has 0 saturated heterocycles. The zero-order valence-corrected chi connectivity index (χ0v) is 10.9. The summed E-state index contributed by atoms with van der Waals surface area (Å²) in [4.78, 5) is 10.8. The first kappa shape index (κ1) is 14.8. The smallest absolute Gasteiger partial charge is 0.132 e. The average Bonchev–Trinajstić information content (AvgIpc) is 1.97. The molecular formula is C9H18NORe-. The number of ketones is 1. The van der Waals surface area contributed by atoms with E-state index in [1.165, 1.54) is 0 Å². The monoisotopic (exact) mass is 343 g/mol. The predicted octanol–water partition coefficient (Wildman–Crippen LogP) is 2.53. The van der Waals surface area contributed by atoms with Gasteiger partial charge in [0.15, 0.2) is 0 Å². The minimum absolute atomic E-state index is 0. The summed E-state index contributed by atoms with van der Waals surface area (Å²) in [6.45, 7) is 6.86. The Balaban J connectivity index is 0. The van der Waals surface area contributed by atoms with Gasteiger partial charge >= 0.3 is 0 Å². The van der Waals surface area contributed by atoms with Gasteiger partial charge in [0.1, 0.15) is 5.78 Å². The molecule has 0 aliphatic heterocycles. The molecule has 0 aliphatic carbocycles. The maximum atomic E-state index is 10.8. The Morgan fingerprint density at radius 2 is 2.00 bits per heavy atom. The molecule has 12 heavy (non-hydrogen) atoms. The van der Waals surface area contributed by atoms with E-state index in [9.17, 15) is 4.79 Å². The Bertz CT molecular complexity index is 115. The van der Waals surface area contributed by atoms with Crippen LogP contribution in [0.1, 0.15) is 40.0 Å². The van der Waals surface area contributed by atoms with Gasteiger partial charge in [0.05, 0.1) is 0 Å². The van der Waals surface area contributed by atoms with Crippen LogP contribution in [0.25, 0.3) is 5.32 Å². The number of carbonyl (C=O) groups is 1. The Morgan fingerprint density at radius 1 is 1.42 bits per heavy atom. The van der Waals surface area contributed by atoms with Crippen molar-refractivity contribution in [3.05, 3.63) is 5.32 Å². The zero-order chi connectivity index (χ0) is 8.69. The van der Waals surface area contributed by atoms with Crippen molar-refractivity contribution in [1.29, 1.82) is 0 Å². The van der Waals surface area contributed by atoms with Gasteiger partial charge in [-0.05, 0) is 0 Å². The summed E-state index contributed by atoms with van der Waals surface area (Å²) < 4.78 is 0. The third-order valence-electron chi connectivity index (χ3n) is 1.50. The largest absolute Gasteiger partial charge is 0.660 e. The van der Waals surface area contributed by atoms with E-state index in [-0.39, 0.29) is 20.4 Å². The standard InChI is InChI=1S/C9H18NO.Re/c1-4-9(11)6-5-7-10-8(2)3;/h8H,4-7H2,1-3H3;/q-1;. The van der Waals surface area contributed by atoms with Crippen LogP contribution in [0.5, 0.6) is 0 Å². The van der Waals surface area contributed by atoms with Crippen molar-refractivity contribution in [2.75, 3.05) is 6.54 Å². The fraction of sp³-hybridized carbons (Fsp3) is 0.889. The molecule has 1 radical (unpaired) electrons. The molecule has 0 rings (SSSR count). The maximum absolute atomic E-state index is 10.8. The molecule has 0 aromatic heterocycles. The van der Waals surface area contributed by atoms with Gasteiger partial charge in [-0.3, -0.25) is 4.79 Å². The molecule has 73 valence electrons. The van der Waals surface area contributed by atoms with Crippen molar-refractivity contribution in [2.45, 2.75) is 46.1 Å². The van der Waals surface area contributed by atoms with Crippen LogP contribution in [0.4, 0.5) is 0 Å². The van der Waals surface area contributed by atoms with E-state index >= 15 is 0 Å². The topological polar surface area (TPSA) is 31.2 Å². The van der Waals surface area contributed by atoms with Crippen LogP contribution in [0.3, 0.4) is 0 Å². The van der Waals surface area contributed by atoms with Gasteiger partial charge in [0, 0.05) is 33.3 Å². The summed E-state index contributed by atoms with van der Waals surface area (Å²) in [5, 5.41) is 4.28. The van der Waals surface area contributed by atoms with Crippen LogP contribution < -0.4 is 0 Å². The van der Waals surface area contributed by atoms with Crippen molar-refractivity contribution < 1.29 is 25.2 Å². The van der Waals surface area contributed by atoms with E-state index in [0.717, 1.165) is 13.0 Å². The Hall–Kier alpha value is 0.292. The summed E-state index contributed by atoms with van der Waals surface area (Å²) >= 11 is 0. The van der Waals surface area contributed by atoms with Crippen molar-refractivity contribution >= 4 is 5.78 Å². The summed E-state index contributed by atoms with van der Waals surface area (Å²) in [5.74, 6) is 0.351. The second kappa shape index (κ2) is 9.38. The molecule has 0 bridgehead atoms. The molecule has 0 N–H and O–H groups in total. The fourth-order valence-electron chi connectivity index (χ4n) is 0.802. The van der Waals surface area contributed by atoms with E-state index < -0.39 is 0 Å². The summed E-state index contributed by atoms with van der Waals surface area (Å²) in [5.41, 5.74) is 0. The van der Waals surface area contributed by atoms with Gasteiger partial charge in [-0.2, -0.15) is 0 Å². The van der Waals surface area contributed by atoms with Gasteiger partial charge in [0.25, 0.3) is 0 Å². The number of hydrogen-bond donors (Lipinski definition) is 0. The van der Waals surface area contributed by atoms with Crippen molar-refractivity contribution in [3.63, 3.8) is 0 Å². The molecule has 0 spiro atoms. The first-order valence-electron chi connectivity index (χ1n) is 4.35. The Kier molecular flexibility index (Phi) is 11.6. The molecule has 0 unspecified atom stereocenters. The molecule has 0 aromatic rings. The van der Waals surface area contributed by atoms with Crippen molar-refractivity contribution in [3.8, 4) is 0 Å². The first-order valence-corrected chi connectivity index (χ1v) is 4.35. The third-order valence-corrected chi connectivity index (χ3v) is 1.50. The second-order valence-corrected chi connectivity index (χ2v) is 3.00. The van der Waals surface area contributed by atoms with E-state index in [1.807, 2.05) is 6.92 Å². The van der Waals surface area contributed by atoms with Crippen LogP contribution in [-0.4, -0.2) is 18.4 Å². The summed E-state index contributed by atoms with van der Waals surface area (Å²) in [7, 11) is 0. The molecule has 0 fully saturated rings. The summed E-state index contributed by atoms with van der Waals surface area (Å²) in [6, 6.07) is 0.409. The molecule has 0 atom stereocenters. The Labute approximate surface area is 89.1 Å². The minimum Gasteiger partial charge on any atom is -0.660 e. The average molecular weight is 342 g/mol. The number of nitrogens with zero attached hydrogens (tertiary/aromatic N) is 1. The van der Waals surface area contributed by atoms with E-state index in [0.29, 0.717) is 24.7 Å². The molecule has 0 heterocycles. The molecule has 0 aliphatic rings. The van der Waals surface area contributed by atoms with E-state index in [1.54, 1.807) is 0 Å². The van der Waals surface area contributed by atoms with Gasteiger partial charge in [-0.25, -0.2) is 0 Å². The number of Topliss-reactive ketones (excluding diaryl/α,β-unsaturated/α-hetero) is 1. The van der Waals surface area contributed by atoms with Crippen molar-refractivity contribution in [1.82, 2.24) is 0 Å². The number of hydrogen-bond acceptors (Lipinski definition) is 1. The van der Waals surface area contributed by atoms with Gasteiger partial charge in [-0.1, -0.05) is 27.2 Å². The predicted molar refractivity (Wildman–Crippen MR) is 47.9 cm³/mol. The number of rotatable bonds is 6. The van der Waals surface area contributed by atoms with Crippen LogP contribution in [0.15, 0.2) is 0 Å². The van der Waals surface area contributed by atoms with E-state index in [4.69, 9.17) is 0 Å². The third kappa shape index (κ3) is 10.3. The molecule has 2 nitrogen and oxygen atoms in total. The zero-order valence-electron chi connectivity index (χ0n) is 8.14. The normalized spacial score (nSPS) is 9.67. The number of carbonyl (C=O) groups excluding carboxylic acids is 1.